The zero-order chi connectivity index (χ0) is 30.2. The number of hydrogen-bond acceptors (Lipinski definition) is 3. The summed E-state index contributed by atoms with van der Waals surface area (Å²) in [7, 11) is 0. The molecule has 0 aliphatic rings. The summed E-state index contributed by atoms with van der Waals surface area (Å²) < 4.78 is 8.88. The molecule has 4 nitrogen and oxygen atoms in total. The van der Waals surface area contributed by atoms with Crippen LogP contribution in [0.2, 0.25) is 0 Å². The van der Waals surface area contributed by atoms with Crippen molar-refractivity contribution in [1.82, 2.24) is 14.5 Å². The molecule has 214 valence electrons. The highest BCUT2D eigenvalue weighted by atomic mass is 16.3. The summed E-state index contributed by atoms with van der Waals surface area (Å²) >= 11 is 0. The van der Waals surface area contributed by atoms with Gasteiger partial charge in [0, 0.05) is 43.7 Å². The Labute approximate surface area is 263 Å². The predicted octanol–water partition coefficient (Wildman–Crippen LogP) is 11.1. The van der Waals surface area contributed by atoms with Gasteiger partial charge in [-0.25, -0.2) is 9.97 Å². The fourth-order valence-corrected chi connectivity index (χ4v) is 7.09. The van der Waals surface area contributed by atoms with Gasteiger partial charge in [-0.2, -0.15) is 0 Å². The van der Waals surface area contributed by atoms with E-state index in [1.807, 2.05) is 6.07 Å². The van der Waals surface area contributed by atoms with E-state index in [1.165, 1.54) is 16.3 Å². The molecule has 0 fully saturated rings. The first kappa shape index (κ1) is 25.1. The lowest BCUT2D eigenvalue weighted by Crippen LogP contribution is -1.96. The normalized spacial score (nSPS) is 11.9. The van der Waals surface area contributed by atoms with E-state index in [9.17, 15) is 0 Å². The van der Waals surface area contributed by atoms with Gasteiger partial charge in [-0.05, 0) is 60.0 Å². The number of para-hydroxylation sites is 2. The summed E-state index contributed by atoms with van der Waals surface area (Å²) in [6, 6.07) is 53.0. The topological polar surface area (TPSA) is 43.9 Å². The average molecular weight is 588 g/mol. The summed E-state index contributed by atoms with van der Waals surface area (Å²) in [6.07, 6.45) is 0. The summed E-state index contributed by atoms with van der Waals surface area (Å²) in [5.41, 5.74) is 8.98. The lowest BCUT2D eigenvalue weighted by atomic mass is 10.0. The van der Waals surface area contributed by atoms with Gasteiger partial charge in [-0.3, -0.25) is 0 Å². The number of furan rings is 1. The van der Waals surface area contributed by atoms with Crippen molar-refractivity contribution in [3.63, 3.8) is 0 Å². The lowest BCUT2D eigenvalue weighted by Gasteiger charge is -2.11. The molecule has 0 N–H and O–H groups in total. The molecule has 3 heterocycles. The Hall–Kier alpha value is -6.26. The van der Waals surface area contributed by atoms with Crippen LogP contribution in [-0.4, -0.2) is 14.5 Å². The number of nitrogens with zero attached hydrogens (tertiary/aromatic N) is 3. The Balaban J connectivity index is 1.29. The van der Waals surface area contributed by atoms with Gasteiger partial charge < -0.3 is 8.98 Å². The molecule has 0 spiro atoms. The largest absolute Gasteiger partial charge is 0.455 e. The van der Waals surface area contributed by atoms with Crippen LogP contribution in [0.3, 0.4) is 0 Å². The van der Waals surface area contributed by atoms with E-state index in [1.54, 1.807) is 0 Å². The van der Waals surface area contributed by atoms with Gasteiger partial charge in [0.1, 0.15) is 11.2 Å². The molecule has 0 radical (unpaired) electrons. The minimum absolute atomic E-state index is 0.687. The van der Waals surface area contributed by atoms with Gasteiger partial charge in [0.25, 0.3) is 0 Å². The summed E-state index contributed by atoms with van der Waals surface area (Å²) in [6.45, 7) is 0. The van der Waals surface area contributed by atoms with Crippen LogP contribution in [0.15, 0.2) is 156 Å². The van der Waals surface area contributed by atoms with Crippen LogP contribution >= 0.6 is 0 Å². The van der Waals surface area contributed by atoms with Gasteiger partial charge in [0.2, 0.25) is 0 Å². The molecule has 4 heteroatoms. The van der Waals surface area contributed by atoms with Crippen LogP contribution in [-0.2, 0) is 0 Å². The van der Waals surface area contributed by atoms with Crippen LogP contribution in [0.1, 0.15) is 0 Å². The molecule has 0 unspecified atom stereocenters. The van der Waals surface area contributed by atoms with E-state index in [4.69, 9.17) is 14.4 Å². The Morgan fingerprint density at radius 1 is 0.478 bits per heavy atom. The summed E-state index contributed by atoms with van der Waals surface area (Å²) in [4.78, 5) is 10.6. The maximum Gasteiger partial charge on any atom is 0.160 e. The van der Waals surface area contributed by atoms with E-state index in [-0.39, 0.29) is 0 Å². The van der Waals surface area contributed by atoms with Crippen molar-refractivity contribution in [1.29, 1.82) is 0 Å². The van der Waals surface area contributed by atoms with Gasteiger partial charge in [0.05, 0.1) is 27.6 Å². The van der Waals surface area contributed by atoms with Crippen molar-refractivity contribution in [3.05, 3.63) is 152 Å². The number of rotatable bonds is 3. The van der Waals surface area contributed by atoms with Crippen molar-refractivity contribution in [2.75, 3.05) is 0 Å². The molecule has 0 saturated heterocycles. The van der Waals surface area contributed by atoms with Crippen LogP contribution in [0.5, 0.6) is 0 Å². The average Bonchev–Trinajstić information content (AvgIpc) is 3.68. The van der Waals surface area contributed by atoms with E-state index < -0.39 is 0 Å². The van der Waals surface area contributed by atoms with E-state index >= 15 is 0 Å². The first-order chi connectivity index (χ1) is 22.8. The monoisotopic (exact) mass is 587 g/mol. The number of aromatic nitrogens is 3. The fraction of sp³-hybridized carbons (Fsp3) is 0. The van der Waals surface area contributed by atoms with Crippen molar-refractivity contribution in [3.8, 4) is 28.3 Å². The SMILES string of the molecule is c1ccc(-c2nc(-c3ccc4c(c3)c3ccccc3n4-c3ccccc3)nc3c2ccc2oc4c5ccccc5ccc4c23)cc1. The molecule has 3 aromatic heterocycles. The first-order valence-electron chi connectivity index (χ1n) is 15.5. The summed E-state index contributed by atoms with van der Waals surface area (Å²) in [5.74, 6) is 0.687. The van der Waals surface area contributed by atoms with Gasteiger partial charge in [-0.15, -0.1) is 0 Å². The first-order valence-corrected chi connectivity index (χ1v) is 15.5. The molecule has 0 amide bonds. The molecule has 46 heavy (non-hydrogen) atoms. The van der Waals surface area contributed by atoms with E-state index in [0.29, 0.717) is 5.82 Å². The standard InChI is InChI=1S/C42H25N3O/c1-3-12-27(13-4-1)39-33-22-24-37-38(32-21-19-26-11-7-8-16-30(26)41(32)46-37)40(33)44-42(43-39)28-20-23-36-34(25-28)31-17-9-10-18-35(31)45(36)29-14-5-2-6-15-29/h1-25H. The minimum Gasteiger partial charge on any atom is -0.455 e. The number of hydrogen-bond donors (Lipinski definition) is 0. The maximum atomic E-state index is 6.55. The molecule has 0 bridgehead atoms. The van der Waals surface area contributed by atoms with Crippen LogP contribution in [0.25, 0.3) is 93.8 Å². The van der Waals surface area contributed by atoms with Crippen LogP contribution < -0.4 is 0 Å². The van der Waals surface area contributed by atoms with E-state index in [2.05, 4.69) is 150 Å². The zero-order valence-electron chi connectivity index (χ0n) is 24.7. The van der Waals surface area contributed by atoms with Crippen LogP contribution in [0, 0.1) is 0 Å². The van der Waals surface area contributed by atoms with Gasteiger partial charge in [-0.1, -0.05) is 97.1 Å². The third-order valence-corrected chi connectivity index (χ3v) is 9.18. The third-order valence-electron chi connectivity index (χ3n) is 9.18. The maximum absolute atomic E-state index is 6.55. The second-order valence-electron chi connectivity index (χ2n) is 11.8. The number of benzene rings is 7. The number of fused-ring (bicyclic) bond motifs is 10. The molecular formula is C42H25N3O. The Bertz CT molecular complexity index is 2790. The van der Waals surface area contributed by atoms with Gasteiger partial charge >= 0.3 is 0 Å². The van der Waals surface area contributed by atoms with Crippen molar-refractivity contribution in [2.24, 2.45) is 0 Å². The minimum atomic E-state index is 0.687. The van der Waals surface area contributed by atoms with Crippen molar-refractivity contribution >= 4 is 65.4 Å². The van der Waals surface area contributed by atoms with Crippen molar-refractivity contribution < 1.29 is 4.42 Å². The molecule has 0 atom stereocenters. The third kappa shape index (κ3) is 3.61. The van der Waals surface area contributed by atoms with Crippen LogP contribution in [0.4, 0.5) is 0 Å². The predicted molar refractivity (Wildman–Crippen MR) is 190 cm³/mol. The zero-order valence-corrected chi connectivity index (χ0v) is 24.7. The quantitative estimate of drug-likeness (QED) is 0.207. The highest BCUT2D eigenvalue weighted by Gasteiger charge is 2.20. The lowest BCUT2D eigenvalue weighted by molar-refractivity contribution is 0.673. The van der Waals surface area contributed by atoms with Gasteiger partial charge in [0.15, 0.2) is 5.82 Å². The highest BCUT2D eigenvalue weighted by molar-refractivity contribution is 6.23. The molecule has 7 aromatic carbocycles. The Morgan fingerprint density at radius 3 is 2.07 bits per heavy atom. The highest BCUT2D eigenvalue weighted by Crippen LogP contribution is 2.41. The second-order valence-corrected chi connectivity index (χ2v) is 11.8. The molecule has 10 aromatic rings. The smallest absolute Gasteiger partial charge is 0.160 e. The fourth-order valence-electron chi connectivity index (χ4n) is 7.09. The second kappa shape index (κ2) is 9.62. The molecule has 0 saturated carbocycles. The molecule has 0 aliphatic carbocycles. The molecular weight excluding hydrogens is 562 g/mol. The summed E-state index contributed by atoms with van der Waals surface area (Å²) in [5, 5.41) is 7.69. The Morgan fingerprint density at radius 2 is 1.20 bits per heavy atom. The molecule has 10 rings (SSSR count). The van der Waals surface area contributed by atoms with Crippen molar-refractivity contribution in [2.45, 2.75) is 0 Å². The Kier molecular flexibility index (Phi) is 5.25. The molecule has 0 aliphatic heterocycles. The van der Waals surface area contributed by atoms with E-state index in [0.717, 1.165) is 71.6 Å².